The van der Waals surface area contributed by atoms with Gasteiger partial charge in [0.1, 0.15) is 5.75 Å². The highest BCUT2D eigenvalue weighted by atomic mass is 35.5. The third kappa shape index (κ3) is 3.61. The van der Waals surface area contributed by atoms with Crippen LogP contribution in [0.15, 0.2) is 42.5 Å². The van der Waals surface area contributed by atoms with Gasteiger partial charge in [0.25, 0.3) is 5.91 Å². The SMILES string of the molecule is CCOC(=O)c1cccc(CN2C(=O)C(C)Oc3ccc(Cl)cc32)c1. The quantitative estimate of drug-likeness (QED) is 0.778. The van der Waals surface area contributed by atoms with Crippen molar-refractivity contribution in [1.29, 1.82) is 0 Å². The second-order valence-electron chi connectivity index (χ2n) is 5.72. The molecule has 0 bridgehead atoms. The maximum absolute atomic E-state index is 12.6. The zero-order valence-electron chi connectivity index (χ0n) is 14.0. The van der Waals surface area contributed by atoms with E-state index < -0.39 is 6.10 Å². The molecular weight excluding hydrogens is 342 g/mol. The molecule has 1 aliphatic rings. The Morgan fingerprint density at radius 1 is 1.28 bits per heavy atom. The normalized spacial score (nSPS) is 16.2. The predicted molar refractivity (Wildman–Crippen MR) is 95.1 cm³/mol. The van der Waals surface area contributed by atoms with E-state index >= 15 is 0 Å². The van der Waals surface area contributed by atoms with Gasteiger partial charge in [-0.15, -0.1) is 0 Å². The van der Waals surface area contributed by atoms with Crippen LogP contribution in [0.3, 0.4) is 0 Å². The van der Waals surface area contributed by atoms with Gasteiger partial charge in [-0.25, -0.2) is 4.79 Å². The zero-order chi connectivity index (χ0) is 18.0. The first-order chi connectivity index (χ1) is 12.0. The second-order valence-corrected chi connectivity index (χ2v) is 6.15. The van der Waals surface area contributed by atoms with Gasteiger partial charge < -0.3 is 14.4 Å². The van der Waals surface area contributed by atoms with Gasteiger partial charge in [0.05, 0.1) is 24.4 Å². The number of esters is 1. The molecule has 1 amide bonds. The van der Waals surface area contributed by atoms with Crippen molar-refractivity contribution in [3.63, 3.8) is 0 Å². The molecule has 1 unspecified atom stereocenters. The molecule has 130 valence electrons. The molecule has 0 radical (unpaired) electrons. The molecule has 3 rings (SSSR count). The molecule has 0 aromatic heterocycles. The summed E-state index contributed by atoms with van der Waals surface area (Å²) in [6.07, 6.45) is -0.582. The topological polar surface area (TPSA) is 55.8 Å². The Balaban J connectivity index is 1.92. The van der Waals surface area contributed by atoms with Crippen molar-refractivity contribution < 1.29 is 19.1 Å². The Kier molecular flexibility index (Phi) is 4.95. The van der Waals surface area contributed by atoms with E-state index in [1.54, 1.807) is 55.1 Å². The van der Waals surface area contributed by atoms with Gasteiger partial charge in [0, 0.05) is 5.02 Å². The van der Waals surface area contributed by atoms with E-state index in [9.17, 15) is 9.59 Å². The Labute approximate surface area is 151 Å². The molecule has 2 aromatic carbocycles. The highest BCUT2D eigenvalue weighted by molar-refractivity contribution is 6.31. The maximum Gasteiger partial charge on any atom is 0.338 e. The van der Waals surface area contributed by atoms with Crippen LogP contribution in [0, 0.1) is 0 Å². The maximum atomic E-state index is 12.6. The van der Waals surface area contributed by atoms with Crippen LogP contribution in [-0.4, -0.2) is 24.6 Å². The van der Waals surface area contributed by atoms with Crippen molar-refractivity contribution in [3.05, 3.63) is 58.6 Å². The van der Waals surface area contributed by atoms with Gasteiger partial charge in [-0.1, -0.05) is 23.7 Å². The average molecular weight is 360 g/mol. The first kappa shape index (κ1) is 17.3. The number of hydrogen-bond donors (Lipinski definition) is 0. The van der Waals surface area contributed by atoms with Gasteiger partial charge in [0.2, 0.25) is 0 Å². The van der Waals surface area contributed by atoms with Crippen LogP contribution in [0.5, 0.6) is 5.75 Å². The molecule has 1 heterocycles. The van der Waals surface area contributed by atoms with Crippen LogP contribution in [0.1, 0.15) is 29.8 Å². The smallest absolute Gasteiger partial charge is 0.338 e. The van der Waals surface area contributed by atoms with Gasteiger partial charge in [-0.2, -0.15) is 0 Å². The van der Waals surface area contributed by atoms with Crippen LogP contribution < -0.4 is 9.64 Å². The van der Waals surface area contributed by atoms with Gasteiger partial charge >= 0.3 is 5.97 Å². The van der Waals surface area contributed by atoms with Crippen molar-refractivity contribution in [2.45, 2.75) is 26.5 Å². The minimum atomic E-state index is -0.582. The third-order valence-electron chi connectivity index (χ3n) is 3.91. The minimum absolute atomic E-state index is 0.156. The summed E-state index contributed by atoms with van der Waals surface area (Å²) in [6, 6.07) is 12.2. The Hall–Kier alpha value is -2.53. The summed E-state index contributed by atoms with van der Waals surface area (Å²) in [4.78, 5) is 26.1. The van der Waals surface area contributed by atoms with E-state index in [-0.39, 0.29) is 11.9 Å². The van der Waals surface area contributed by atoms with Crippen LogP contribution >= 0.6 is 11.6 Å². The van der Waals surface area contributed by atoms with Gasteiger partial charge in [-0.05, 0) is 49.7 Å². The van der Waals surface area contributed by atoms with E-state index in [0.717, 1.165) is 5.56 Å². The monoisotopic (exact) mass is 359 g/mol. The Bertz CT molecular complexity index is 821. The lowest BCUT2D eigenvalue weighted by Gasteiger charge is -2.33. The number of fused-ring (bicyclic) bond motifs is 1. The van der Waals surface area contributed by atoms with E-state index in [4.69, 9.17) is 21.1 Å². The van der Waals surface area contributed by atoms with Crippen molar-refractivity contribution in [3.8, 4) is 5.75 Å². The number of rotatable bonds is 4. The molecule has 25 heavy (non-hydrogen) atoms. The predicted octanol–water partition coefficient (Wildman–Crippen LogP) is 3.83. The van der Waals surface area contributed by atoms with E-state index in [0.29, 0.717) is 35.2 Å². The molecular formula is C19H18ClNO4. The van der Waals surface area contributed by atoms with Crippen LogP contribution in [0.2, 0.25) is 5.02 Å². The fourth-order valence-corrected chi connectivity index (χ4v) is 2.90. The molecule has 1 aliphatic heterocycles. The van der Waals surface area contributed by atoms with Crippen molar-refractivity contribution in [2.24, 2.45) is 0 Å². The van der Waals surface area contributed by atoms with Gasteiger partial charge in [0.15, 0.2) is 6.10 Å². The zero-order valence-corrected chi connectivity index (χ0v) is 14.7. The summed E-state index contributed by atoms with van der Waals surface area (Å²) in [5, 5.41) is 0.523. The highest BCUT2D eigenvalue weighted by Crippen LogP contribution is 2.37. The van der Waals surface area contributed by atoms with Gasteiger partial charge in [-0.3, -0.25) is 4.79 Å². The van der Waals surface area contributed by atoms with E-state index in [1.807, 2.05) is 6.07 Å². The third-order valence-corrected chi connectivity index (χ3v) is 4.14. The molecule has 1 atom stereocenters. The molecule has 2 aromatic rings. The minimum Gasteiger partial charge on any atom is -0.479 e. The number of halogens is 1. The molecule has 0 N–H and O–H groups in total. The number of carbonyl (C=O) groups is 2. The summed E-state index contributed by atoms with van der Waals surface area (Å²) >= 11 is 6.08. The number of anilines is 1. The largest absolute Gasteiger partial charge is 0.479 e. The second kappa shape index (κ2) is 7.15. The molecule has 5 nitrogen and oxygen atoms in total. The average Bonchev–Trinajstić information content (AvgIpc) is 2.60. The standard InChI is InChI=1S/C19H18ClNO4/c1-3-24-19(23)14-6-4-5-13(9-14)11-21-16-10-15(20)7-8-17(16)25-12(2)18(21)22/h4-10,12H,3,11H2,1-2H3. The summed E-state index contributed by atoms with van der Waals surface area (Å²) in [7, 11) is 0. The van der Waals surface area contributed by atoms with E-state index in [1.165, 1.54) is 0 Å². The van der Waals surface area contributed by atoms with Crippen LogP contribution in [-0.2, 0) is 16.1 Å². The number of ether oxygens (including phenoxy) is 2. The summed E-state index contributed by atoms with van der Waals surface area (Å²) in [6.45, 7) is 4.10. The lowest BCUT2D eigenvalue weighted by atomic mass is 10.1. The van der Waals surface area contributed by atoms with Crippen LogP contribution in [0.25, 0.3) is 0 Å². The van der Waals surface area contributed by atoms with Crippen molar-refractivity contribution >= 4 is 29.2 Å². The lowest BCUT2D eigenvalue weighted by Crippen LogP contribution is -2.44. The van der Waals surface area contributed by atoms with Crippen LogP contribution in [0.4, 0.5) is 5.69 Å². The molecule has 0 fully saturated rings. The molecule has 0 saturated heterocycles. The molecule has 6 heteroatoms. The first-order valence-corrected chi connectivity index (χ1v) is 8.41. The molecule has 0 saturated carbocycles. The molecule has 0 spiro atoms. The van der Waals surface area contributed by atoms with E-state index in [2.05, 4.69) is 0 Å². The lowest BCUT2D eigenvalue weighted by molar-refractivity contribution is -0.125. The number of benzene rings is 2. The number of hydrogen-bond acceptors (Lipinski definition) is 4. The fraction of sp³-hybridized carbons (Fsp3) is 0.263. The Morgan fingerprint density at radius 2 is 2.08 bits per heavy atom. The fourth-order valence-electron chi connectivity index (χ4n) is 2.74. The highest BCUT2D eigenvalue weighted by Gasteiger charge is 2.31. The first-order valence-electron chi connectivity index (χ1n) is 8.03. The number of amides is 1. The number of nitrogens with zero attached hydrogens (tertiary/aromatic N) is 1. The Morgan fingerprint density at radius 3 is 2.84 bits per heavy atom. The van der Waals surface area contributed by atoms with Crippen molar-refractivity contribution in [1.82, 2.24) is 0 Å². The number of carbonyl (C=O) groups excluding carboxylic acids is 2. The van der Waals surface area contributed by atoms with Crippen molar-refractivity contribution in [2.75, 3.05) is 11.5 Å². The summed E-state index contributed by atoms with van der Waals surface area (Å²) < 4.78 is 10.7. The molecule has 0 aliphatic carbocycles. The summed E-state index contributed by atoms with van der Waals surface area (Å²) in [5.74, 6) is 0.0730. The summed E-state index contributed by atoms with van der Waals surface area (Å²) in [5.41, 5.74) is 1.90.